The van der Waals surface area contributed by atoms with E-state index in [0.29, 0.717) is 0 Å². The number of carbonyl (C=O) groups is 2. The number of alkyl halides is 1. The van der Waals surface area contributed by atoms with Crippen LogP contribution in [0.15, 0.2) is 11.1 Å². The number of ether oxygens (including phenoxy) is 5. The van der Waals surface area contributed by atoms with Gasteiger partial charge in [0.2, 0.25) is 25.4 Å². The predicted molar refractivity (Wildman–Crippen MR) is 133 cm³/mol. The van der Waals surface area contributed by atoms with Crippen LogP contribution in [0.3, 0.4) is 0 Å². The maximum atomic E-state index is 15.8. The lowest BCUT2D eigenvalue weighted by molar-refractivity contribution is -0.184. The van der Waals surface area contributed by atoms with Crippen molar-refractivity contribution in [3.63, 3.8) is 0 Å². The van der Waals surface area contributed by atoms with Gasteiger partial charge in [-0.3, -0.25) is 18.9 Å². The molecule has 0 radical (unpaired) electrons. The molecule has 20 heteroatoms. The average molecular weight is 611 g/mol. The second-order valence-electron chi connectivity index (χ2n) is 9.50. The maximum absolute atomic E-state index is 15.8. The number of H-pyrrole nitrogens is 1. The van der Waals surface area contributed by atoms with Gasteiger partial charge in [-0.05, 0) is 34.6 Å². The standard InChI is InChI=1S/C21H31FN5O13P/c1-11(2)38-18(29)33-9-36-41(32,37-10-34-19(30)39-12(3)4)35-7-21(22)6-20(5,31)16(40-21)27-8-24-13-14(27)25-17(23)26-15(13)28/h8,11-12,16,31H,6-7,9-10H2,1-5H3,(H3,23,25,26,28). The number of anilines is 1. The number of hydrogen-bond acceptors (Lipinski definition) is 16. The summed E-state index contributed by atoms with van der Waals surface area (Å²) in [4.78, 5) is 45.4. The number of fused-ring (bicyclic) bond motifs is 1. The first-order valence-corrected chi connectivity index (χ1v) is 13.5. The number of phosphoric acid groups is 1. The van der Waals surface area contributed by atoms with Crippen molar-refractivity contribution in [3.8, 4) is 0 Å². The highest BCUT2D eigenvalue weighted by Gasteiger charge is 2.56. The molecule has 3 rings (SSSR count). The fourth-order valence-corrected chi connectivity index (χ4v) is 4.50. The summed E-state index contributed by atoms with van der Waals surface area (Å²) in [5, 5.41) is 10.9. The van der Waals surface area contributed by atoms with Gasteiger partial charge in [-0.1, -0.05) is 0 Å². The minimum absolute atomic E-state index is 0.102. The average Bonchev–Trinajstić information content (AvgIpc) is 3.34. The van der Waals surface area contributed by atoms with Gasteiger partial charge in [0.15, 0.2) is 17.4 Å². The first-order chi connectivity index (χ1) is 19.0. The Morgan fingerprint density at radius 2 is 1.76 bits per heavy atom. The van der Waals surface area contributed by atoms with Crippen LogP contribution in [0, 0.1) is 0 Å². The number of halogens is 1. The second kappa shape index (κ2) is 12.7. The molecular weight excluding hydrogens is 580 g/mol. The summed E-state index contributed by atoms with van der Waals surface area (Å²) in [6, 6.07) is 0. The van der Waals surface area contributed by atoms with Crippen molar-refractivity contribution in [2.75, 3.05) is 25.9 Å². The highest BCUT2D eigenvalue weighted by atomic mass is 31.2. The zero-order chi connectivity index (χ0) is 30.6. The van der Waals surface area contributed by atoms with Crippen LogP contribution in [0.1, 0.15) is 47.3 Å². The Morgan fingerprint density at radius 3 is 2.29 bits per heavy atom. The van der Waals surface area contributed by atoms with Gasteiger partial charge in [0.1, 0.15) is 12.2 Å². The van der Waals surface area contributed by atoms with Gasteiger partial charge >= 0.3 is 20.1 Å². The van der Waals surface area contributed by atoms with Gasteiger partial charge in [0.25, 0.3) is 5.56 Å². The highest BCUT2D eigenvalue weighted by Crippen LogP contribution is 2.53. The molecule has 0 aliphatic carbocycles. The van der Waals surface area contributed by atoms with Gasteiger partial charge in [-0.25, -0.2) is 32.6 Å². The van der Waals surface area contributed by atoms with Gasteiger partial charge in [-0.2, -0.15) is 4.98 Å². The quantitative estimate of drug-likeness (QED) is 0.177. The first-order valence-electron chi connectivity index (χ1n) is 12.0. The van der Waals surface area contributed by atoms with Gasteiger partial charge in [0.05, 0.1) is 18.5 Å². The number of aromatic amines is 1. The molecule has 0 saturated carbocycles. The Morgan fingerprint density at radius 1 is 1.20 bits per heavy atom. The largest absolute Gasteiger partial charge is 0.510 e. The number of carbonyl (C=O) groups excluding carboxylic acids is 2. The predicted octanol–water partition coefficient (Wildman–Crippen LogP) is 2.23. The third-order valence-electron chi connectivity index (χ3n) is 5.06. The van der Waals surface area contributed by atoms with E-state index in [-0.39, 0.29) is 17.1 Å². The Balaban J connectivity index is 1.72. The van der Waals surface area contributed by atoms with E-state index in [1.54, 1.807) is 27.7 Å². The van der Waals surface area contributed by atoms with E-state index in [0.717, 1.165) is 10.9 Å². The molecular formula is C21H31FN5O13P. The third kappa shape index (κ3) is 8.57. The molecule has 1 aliphatic rings. The number of hydrogen-bond donors (Lipinski definition) is 3. The van der Waals surface area contributed by atoms with Crippen molar-refractivity contribution in [3.05, 3.63) is 16.7 Å². The number of nitrogens with zero attached hydrogens (tertiary/aromatic N) is 3. The molecule has 230 valence electrons. The van der Waals surface area contributed by atoms with Crippen LogP contribution in [0.2, 0.25) is 0 Å². The van der Waals surface area contributed by atoms with E-state index in [1.165, 1.54) is 6.92 Å². The van der Waals surface area contributed by atoms with Crippen LogP contribution in [0.25, 0.3) is 11.2 Å². The van der Waals surface area contributed by atoms with Crippen molar-refractivity contribution >= 4 is 37.2 Å². The number of nitrogens with two attached hydrogens (primary N) is 1. The SMILES string of the molecule is CC(C)OC(=O)OCOP(=O)(OCOC(=O)OC(C)C)OCC1(F)CC(C)(O)C(n2cnc3c(=O)[nH]c(N)nc32)O1. The van der Waals surface area contributed by atoms with Crippen molar-refractivity contribution in [1.29, 1.82) is 0 Å². The van der Waals surface area contributed by atoms with Crippen molar-refractivity contribution in [2.24, 2.45) is 0 Å². The highest BCUT2D eigenvalue weighted by molar-refractivity contribution is 7.48. The molecule has 1 aliphatic heterocycles. The van der Waals surface area contributed by atoms with E-state index in [4.69, 9.17) is 33.5 Å². The molecule has 0 bridgehead atoms. The second-order valence-corrected chi connectivity index (χ2v) is 11.2. The molecule has 0 aromatic carbocycles. The normalized spacial score (nSPS) is 22.8. The minimum atomic E-state index is -4.83. The fraction of sp³-hybridized carbons (Fsp3) is 0.667. The lowest BCUT2D eigenvalue weighted by atomic mass is 9.99. The van der Waals surface area contributed by atoms with E-state index in [9.17, 15) is 24.1 Å². The summed E-state index contributed by atoms with van der Waals surface area (Å²) in [6.07, 6.45) is -4.57. The van der Waals surface area contributed by atoms with E-state index in [1.807, 2.05) is 0 Å². The molecule has 4 N–H and O–H groups in total. The summed E-state index contributed by atoms with van der Waals surface area (Å²) in [5.41, 5.74) is 2.73. The Bertz CT molecular complexity index is 1320. The molecule has 1 fully saturated rings. The molecule has 2 aromatic rings. The van der Waals surface area contributed by atoms with Crippen LogP contribution in [0.4, 0.5) is 19.9 Å². The summed E-state index contributed by atoms with van der Waals surface area (Å²) < 4.78 is 69.0. The Kier molecular flexibility index (Phi) is 9.94. The molecule has 3 heterocycles. The lowest BCUT2D eigenvalue weighted by Crippen LogP contribution is -2.33. The number of nitrogen functional groups attached to an aromatic ring is 1. The molecule has 1 saturated heterocycles. The summed E-state index contributed by atoms with van der Waals surface area (Å²) in [7, 11) is -4.83. The maximum Gasteiger partial charge on any atom is 0.510 e. The molecule has 0 amide bonds. The first kappa shape index (κ1) is 32.2. The summed E-state index contributed by atoms with van der Waals surface area (Å²) in [5.74, 6) is -3.08. The van der Waals surface area contributed by atoms with Crippen LogP contribution in [-0.4, -0.2) is 80.8 Å². The Hall–Kier alpha value is -3.35. The van der Waals surface area contributed by atoms with E-state index in [2.05, 4.69) is 24.4 Å². The number of imidazole rings is 1. The van der Waals surface area contributed by atoms with Crippen LogP contribution in [-0.2, 0) is 41.8 Å². The van der Waals surface area contributed by atoms with E-state index < -0.39 is 82.2 Å². The third-order valence-corrected chi connectivity index (χ3v) is 6.35. The minimum Gasteiger partial charge on any atom is -0.432 e. The molecule has 3 atom stereocenters. The van der Waals surface area contributed by atoms with Crippen LogP contribution >= 0.6 is 7.82 Å². The van der Waals surface area contributed by atoms with Crippen LogP contribution < -0.4 is 11.3 Å². The summed E-state index contributed by atoms with van der Waals surface area (Å²) >= 11 is 0. The van der Waals surface area contributed by atoms with Crippen molar-refractivity contribution in [2.45, 2.75) is 70.9 Å². The van der Waals surface area contributed by atoms with Gasteiger partial charge in [0, 0.05) is 6.42 Å². The number of aliphatic hydroxyl groups is 1. The number of rotatable bonds is 12. The molecule has 0 spiro atoms. The lowest BCUT2D eigenvalue weighted by Gasteiger charge is -2.24. The van der Waals surface area contributed by atoms with Gasteiger partial charge < -0.3 is 34.5 Å². The monoisotopic (exact) mass is 611 g/mol. The zero-order valence-corrected chi connectivity index (χ0v) is 23.6. The number of aromatic nitrogens is 4. The van der Waals surface area contributed by atoms with Crippen LogP contribution in [0.5, 0.6) is 0 Å². The number of phosphoric ester groups is 1. The van der Waals surface area contributed by atoms with E-state index >= 15 is 4.39 Å². The smallest absolute Gasteiger partial charge is 0.432 e. The zero-order valence-electron chi connectivity index (χ0n) is 22.7. The molecule has 41 heavy (non-hydrogen) atoms. The fourth-order valence-electron chi connectivity index (χ4n) is 3.56. The molecule has 2 aromatic heterocycles. The molecule has 18 nitrogen and oxygen atoms in total. The Labute approximate surface area is 231 Å². The van der Waals surface area contributed by atoms with Gasteiger partial charge in [-0.15, -0.1) is 0 Å². The van der Waals surface area contributed by atoms with Crippen molar-refractivity contribution in [1.82, 2.24) is 19.5 Å². The van der Waals surface area contributed by atoms with Crippen molar-refractivity contribution < 1.29 is 60.9 Å². The number of nitrogens with one attached hydrogen (secondary N) is 1. The molecule has 3 unspecified atom stereocenters. The topological polar surface area (TPSA) is 235 Å². The summed E-state index contributed by atoms with van der Waals surface area (Å²) in [6.45, 7) is 4.22.